The van der Waals surface area contributed by atoms with Crippen LogP contribution in [-0.4, -0.2) is 48.0 Å². The molecule has 0 aliphatic carbocycles. The fourth-order valence-electron chi connectivity index (χ4n) is 1.44. The zero-order valence-electron chi connectivity index (χ0n) is 10.6. The third-order valence-corrected chi connectivity index (χ3v) is 2.76. The molecule has 0 aromatic carbocycles. The fourth-order valence-corrected chi connectivity index (χ4v) is 1.62. The Balaban J connectivity index is 2.86. The van der Waals surface area contributed by atoms with Gasteiger partial charge in [-0.25, -0.2) is 4.98 Å². The lowest BCUT2D eigenvalue weighted by Crippen LogP contribution is -2.28. The summed E-state index contributed by atoms with van der Waals surface area (Å²) >= 11 is 5.80. The number of amides is 1. The van der Waals surface area contributed by atoms with E-state index >= 15 is 0 Å². The van der Waals surface area contributed by atoms with E-state index in [0.29, 0.717) is 19.6 Å². The lowest BCUT2D eigenvalue weighted by Gasteiger charge is -2.17. The lowest BCUT2D eigenvalue weighted by molar-refractivity contribution is -0.385. The number of rotatable bonds is 6. The van der Waals surface area contributed by atoms with Crippen LogP contribution >= 0.6 is 11.6 Å². The molecule has 1 aromatic rings. The van der Waals surface area contributed by atoms with Crippen molar-refractivity contribution in [1.29, 1.82) is 0 Å². The van der Waals surface area contributed by atoms with Crippen LogP contribution in [0.4, 0.5) is 5.69 Å². The van der Waals surface area contributed by atoms with Gasteiger partial charge in [-0.3, -0.25) is 14.9 Å². The maximum Gasteiger partial charge on any atom is 0.288 e. The Morgan fingerprint density at radius 2 is 2.32 bits per heavy atom. The lowest BCUT2D eigenvalue weighted by atomic mass is 10.2. The number of carbonyl (C=O) groups excluding carboxylic acids is 1. The topological polar surface area (TPSA) is 85.6 Å². The first-order valence-electron chi connectivity index (χ1n) is 5.51. The molecule has 8 heteroatoms. The minimum Gasteiger partial charge on any atom is -0.385 e. The smallest absolute Gasteiger partial charge is 0.288 e. The SMILES string of the molecule is COCCCN(C)C(=O)c1cc([N+](=O)[O-])cnc1Cl. The summed E-state index contributed by atoms with van der Waals surface area (Å²) in [6.45, 7) is 0.990. The van der Waals surface area contributed by atoms with E-state index in [1.54, 1.807) is 14.2 Å². The van der Waals surface area contributed by atoms with Crippen molar-refractivity contribution in [2.24, 2.45) is 0 Å². The molecule has 0 saturated heterocycles. The molecular weight excluding hydrogens is 274 g/mol. The highest BCUT2D eigenvalue weighted by molar-refractivity contribution is 6.32. The molecule has 0 spiro atoms. The molecule has 7 nitrogen and oxygen atoms in total. The Morgan fingerprint density at radius 3 is 2.89 bits per heavy atom. The van der Waals surface area contributed by atoms with Crippen molar-refractivity contribution >= 4 is 23.2 Å². The summed E-state index contributed by atoms with van der Waals surface area (Å²) in [5, 5.41) is 10.6. The van der Waals surface area contributed by atoms with Crippen molar-refractivity contribution in [2.75, 3.05) is 27.3 Å². The van der Waals surface area contributed by atoms with E-state index in [1.807, 2.05) is 0 Å². The maximum absolute atomic E-state index is 12.1. The van der Waals surface area contributed by atoms with Crippen molar-refractivity contribution in [3.63, 3.8) is 0 Å². The number of aromatic nitrogens is 1. The van der Waals surface area contributed by atoms with Crippen molar-refractivity contribution < 1.29 is 14.5 Å². The van der Waals surface area contributed by atoms with Crippen molar-refractivity contribution in [1.82, 2.24) is 9.88 Å². The largest absolute Gasteiger partial charge is 0.385 e. The molecule has 0 aliphatic rings. The highest BCUT2D eigenvalue weighted by Crippen LogP contribution is 2.20. The standard InChI is InChI=1S/C11H14ClN3O4/c1-14(4-3-5-19-2)11(16)9-6-8(15(17)18)7-13-10(9)12/h6-7H,3-5H2,1-2H3. The van der Waals surface area contributed by atoms with Crippen molar-refractivity contribution in [3.8, 4) is 0 Å². The Labute approximate surface area is 115 Å². The van der Waals surface area contributed by atoms with Crippen LogP contribution in [0.5, 0.6) is 0 Å². The predicted molar refractivity (Wildman–Crippen MR) is 69.4 cm³/mol. The maximum atomic E-state index is 12.1. The number of nitrogens with zero attached hydrogens (tertiary/aromatic N) is 3. The number of pyridine rings is 1. The summed E-state index contributed by atoms with van der Waals surface area (Å²) < 4.78 is 4.89. The van der Waals surface area contributed by atoms with Crippen LogP contribution in [0, 0.1) is 10.1 Å². The molecule has 0 unspecified atom stereocenters. The average molecular weight is 288 g/mol. The zero-order chi connectivity index (χ0) is 14.4. The van der Waals surface area contributed by atoms with Gasteiger partial charge in [-0.15, -0.1) is 0 Å². The van der Waals surface area contributed by atoms with E-state index in [4.69, 9.17) is 16.3 Å². The molecule has 1 heterocycles. The van der Waals surface area contributed by atoms with Gasteiger partial charge >= 0.3 is 0 Å². The van der Waals surface area contributed by atoms with Gasteiger partial charge in [-0.05, 0) is 6.42 Å². The molecule has 0 fully saturated rings. The molecule has 0 atom stereocenters. The Morgan fingerprint density at radius 1 is 1.63 bits per heavy atom. The van der Waals surface area contributed by atoms with Gasteiger partial charge in [0.2, 0.25) is 0 Å². The minimum absolute atomic E-state index is 0.0239. The molecule has 0 aliphatic heterocycles. The normalized spacial score (nSPS) is 10.3. The average Bonchev–Trinajstić information content (AvgIpc) is 2.38. The van der Waals surface area contributed by atoms with E-state index in [0.717, 1.165) is 12.3 Å². The van der Waals surface area contributed by atoms with Gasteiger partial charge in [0, 0.05) is 33.4 Å². The molecule has 0 radical (unpaired) electrons. The highest BCUT2D eigenvalue weighted by Gasteiger charge is 2.19. The third-order valence-electron chi connectivity index (χ3n) is 2.45. The fraction of sp³-hybridized carbons (Fsp3) is 0.455. The number of methoxy groups -OCH3 is 1. The van der Waals surface area contributed by atoms with Crippen LogP contribution < -0.4 is 0 Å². The van der Waals surface area contributed by atoms with Gasteiger partial charge in [0.25, 0.3) is 11.6 Å². The molecule has 0 saturated carbocycles. The monoisotopic (exact) mass is 287 g/mol. The second kappa shape index (κ2) is 7.01. The van der Waals surface area contributed by atoms with Crippen LogP contribution in [0.2, 0.25) is 5.15 Å². The van der Waals surface area contributed by atoms with Crippen LogP contribution in [-0.2, 0) is 4.74 Å². The van der Waals surface area contributed by atoms with E-state index < -0.39 is 10.8 Å². The number of halogens is 1. The number of hydrogen-bond acceptors (Lipinski definition) is 5. The van der Waals surface area contributed by atoms with Crippen LogP contribution in [0.25, 0.3) is 0 Å². The third kappa shape index (κ3) is 4.15. The molecule has 1 aromatic heterocycles. The van der Waals surface area contributed by atoms with Gasteiger partial charge in [0.1, 0.15) is 11.3 Å². The molecule has 0 bridgehead atoms. The van der Waals surface area contributed by atoms with E-state index in [2.05, 4.69) is 4.98 Å². The van der Waals surface area contributed by atoms with Gasteiger partial charge in [-0.1, -0.05) is 11.6 Å². The summed E-state index contributed by atoms with van der Waals surface area (Å²) in [6, 6.07) is 1.13. The Kier molecular flexibility index (Phi) is 5.65. The van der Waals surface area contributed by atoms with Crippen LogP contribution in [0.3, 0.4) is 0 Å². The molecule has 0 N–H and O–H groups in total. The summed E-state index contributed by atoms with van der Waals surface area (Å²) in [7, 11) is 3.16. The first-order valence-corrected chi connectivity index (χ1v) is 5.89. The van der Waals surface area contributed by atoms with E-state index in [9.17, 15) is 14.9 Å². The number of carbonyl (C=O) groups is 1. The van der Waals surface area contributed by atoms with Crippen molar-refractivity contribution in [2.45, 2.75) is 6.42 Å². The molecule has 1 amide bonds. The van der Waals surface area contributed by atoms with Crippen LogP contribution in [0.15, 0.2) is 12.3 Å². The highest BCUT2D eigenvalue weighted by atomic mass is 35.5. The summed E-state index contributed by atoms with van der Waals surface area (Å²) in [5.41, 5.74) is -0.242. The minimum atomic E-state index is -0.620. The number of hydrogen-bond donors (Lipinski definition) is 0. The summed E-state index contributed by atoms with van der Waals surface area (Å²) in [4.78, 5) is 27.2. The van der Waals surface area contributed by atoms with Gasteiger partial charge in [0.05, 0.1) is 10.5 Å². The molecule has 19 heavy (non-hydrogen) atoms. The number of nitro groups is 1. The summed E-state index contributed by atoms with van der Waals surface area (Å²) in [5.74, 6) is -0.405. The first kappa shape index (κ1) is 15.3. The van der Waals surface area contributed by atoms with Gasteiger partial charge in [-0.2, -0.15) is 0 Å². The Hall–Kier alpha value is -1.73. The first-order chi connectivity index (χ1) is 8.97. The van der Waals surface area contributed by atoms with Crippen molar-refractivity contribution in [3.05, 3.63) is 33.1 Å². The second-order valence-electron chi connectivity index (χ2n) is 3.86. The molecule has 1 rings (SSSR count). The quantitative estimate of drug-likeness (QED) is 0.344. The van der Waals surface area contributed by atoms with Crippen LogP contribution in [0.1, 0.15) is 16.8 Å². The molecule has 104 valence electrons. The summed E-state index contributed by atoms with van der Waals surface area (Å²) in [6.07, 6.45) is 1.68. The number of ether oxygens (including phenoxy) is 1. The Bertz CT molecular complexity index is 481. The zero-order valence-corrected chi connectivity index (χ0v) is 11.4. The van der Waals surface area contributed by atoms with E-state index in [1.165, 1.54) is 4.90 Å². The van der Waals surface area contributed by atoms with E-state index in [-0.39, 0.29) is 16.4 Å². The van der Waals surface area contributed by atoms with Gasteiger partial charge in [0.15, 0.2) is 0 Å². The predicted octanol–water partition coefficient (Wildman–Crippen LogP) is 1.75. The van der Waals surface area contributed by atoms with Gasteiger partial charge < -0.3 is 9.64 Å². The molecular formula is C11H14ClN3O4. The second-order valence-corrected chi connectivity index (χ2v) is 4.22.